The van der Waals surface area contributed by atoms with Crippen molar-refractivity contribution >= 4 is 5.91 Å². The lowest BCUT2D eigenvalue weighted by molar-refractivity contribution is 0.0940. The maximum absolute atomic E-state index is 11.9. The maximum Gasteiger partial charge on any atom is 0.271 e. The van der Waals surface area contributed by atoms with Crippen LogP contribution in [0.1, 0.15) is 23.0 Å². The molecule has 2 rings (SSSR count). The molecule has 0 aliphatic carbocycles. The number of aromatic nitrogens is 3. The molecule has 2 aromatic rings. The predicted octanol–water partition coefficient (Wildman–Crippen LogP) is 1.24. The highest BCUT2D eigenvalue weighted by molar-refractivity contribution is 5.92. The minimum atomic E-state index is -0.178. The summed E-state index contributed by atoms with van der Waals surface area (Å²) in [4.78, 5) is 11.9. The molecular formula is C13H16N4O2. The van der Waals surface area contributed by atoms with Gasteiger partial charge in [0.1, 0.15) is 11.4 Å². The van der Waals surface area contributed by atoms with E-state index < -0.39 is 0 Å². The number of rotatable bonds is 5. The molecule has 0 bridgehead atoms. The third-order valence-electron chi connectivity index (χ3n) is 2.76. The average molecular weight is 260 g/mol. The zero-order chi connectivity index (χ0) is 13.7. The molecule has 0 fully saturated rings. The normalized spacial score (nSPS) is 10.2. The summed E-state index contributed by atoms with van der Waals surface area (Å²) in [5, 5.41) is 10.4. The van der Waals surface area contributed by atoms with Crippen molar-refractivity contribution in [2.24, 2.45) is 0 Å². The first kappa shape index (κ1) is 13.1. The second-order valence-corrected chi connectivity index (χ2v) is 3.97. The summed E-state index contributed by atoms with van der Waals surface area (Å²) in [6, 6.07) is 7.54. The molecule has 0 radical (unpaired) electrons. The van der Waals surface area contributed by atoms with Crippen molar-refractivity contribution in [2.45, 2.75) is 20.0 Å². The van der Waals surface area contributed by atoms with Gasteiger partial charge in [-0.25, -0.2) is 4.68 Å². The molecule has 0 aliphatic heterocycles. The number of nitrogens with one attached hydrogen (secondary N) is 1. The molecule has 1 heterocycles. The van der Waals surface area contributed by atoms with Crippen LogP contribution in [0.15, 0.2) is 30.5 Å². The molecule has 1 N–H and O–H groups in total. The fourth-order valence-electron chi connectivity index (χ4n) is 1.68. The summed E-state index contributed by atoms with van der Waals surface area (Å²) in [6.45, 7) is 2.98. The second-order valence-electron chi connectivity index (χ2n) is 3.97. The van der Waals surface area contributed by atoms with Gasteiger partial charge in [-0.3, -0.25) is 4.79 Å². The van der Waals surface area contributed by atoms with Crippen molar-refractivity contribution in [3.63, 3.8) is 0 Å². The van der Waals surface area contributed by atoms with Crippen LogP contribution < -0.4 is 10.1 Å². The van der Waals surface area contributed by atoms with Gasteiger partial charge >= 0.3 is 0 Å². The number of amides is 1. The first-order valence-corrected chi connectivity index (χ1v) is 6.04. The lowest BCUT2D eigenvalue weighted by atomic mass is 10.2. The molecular weight excluding hydrogens is 244 g/mol. The molecule has 0 aliphatic rings. The van der Waals surface area contributed by atoms with Gasteiger partial charge in [-0.05, 0) is 24.6 Å². The fourth-order valence-corrected chi connectivity index (χ4v) is 1.68. The van der Waals surface area contributed by atoms with E-state index in [-0.39, 0.29) is 5.91 Å². The number of hydrogen-bond donors (Lipinski definition) is 1. The molecule has 100 valence electrons. The zero-order valence-corrected chi connectivity index (χ0v) is 11.0. The smallest absolute Gasteiger partial charge is 0.271 e. The van der Waals surface area contributed by atoms with Crippen molar-refractivity contribution in [1.29, 1.82) is 0 Å². The molecule has 6 heteroatoms. The van der Waals surface area contributed by atoms with Crippen molar-refractivity contribution in [2.75, 3.05) is 7.11 Å². The monoisotopic (exact) mass is 260 g/mol. The Morgan fingerprint density at radius 2 is 2.11 bits per heavy atom. The van der Waals surface area contributed by atoms with Gasteiger partial charge in [-0.15, -0.1) is 5.10 Å². The van der Waals surface area contributed by atoms with E-state index in [2.05, 4.69) is 15.6 Å². The lowest BCUT2D eigenvalue weighted by Crippen LogP contribution is -2.25. The summed E-state index contributed by atoms with van der Waals surface area (Å²) in [6.07, 6.45) is 1.47. The van der Waals surface area contributed by atoms with Crippen LogP contribution in [-0.4, -0.2) is 28.0 Å². The number of methoxy groups -OCH3 is 1. The van der Waals surface area contributed by atoms with Gasteiger partial charge in [0.05, 0.1) is 13.3 Å². The first-order valence-electron chi connectivity index (χ1n) is 6.04. The van der Waals surface area contributed by atoms with Crippen LogP contribution in [-0.2, 0) is 13.1 Å². The average Bonchev–Trinajstić information content (AvgIpc) is 2.93. The molecule has 0 atom stereocenters. The van der Waals surface area contributed by atoms with Crippen molar-refractivity contribution in [1.82, 2.24) is 20.3 Å². The Bertz CT molecular complexity index is 548. The molecule has 1 aromatic carbocycles. The molecule has 19 heavy (non-hydrogen) atoms. The third-order valence-corrected chi connectivity index (χ3v) is 2.76. The highest BCUT2D eigenvalue weighted by Crippen LogP contribution is 2.11. The van der Waals surface area contributed by atoms with E-state index in [1.165, 1.54) is 6.20 Å². The molecule has 0 saturated heterocycles. The third kappa shape index (κ3) is 3.09. The Labute approximate surface area is 111 Å². The molecule has 6 nitrogen and oxygen atoms in total. The number of carbonyl (C=O) groups is 1. The van der Waals surface area contributed by atoms with Gasteiger partial charge in [0.25, 0.3) is 5.91 Å². The molecule has 0 spiro atoms. The van der Waals surface area contributed by atoms with E-state index in [1.807, 2.05) is 31.2 Å². The number of hydrogen-bond acceptors (Lipinski definition) is 4. The lowest BCUT2D eigenvalue weighted by Gasteiger charge is -2.06. The van der Waals surface area contributed by atoms with Crippen molar-refractivity contribution in [3.05, 3.63) is 41.7 Å². The quantitative estimate of drug-likeness (QED) is 0.878. The molecule has 1 aromatic heterocycles. The first-order chi connectivity index (χ1) is 9.24. The second kappa shape index (κ2) is 5.99. The van der Waals surface area contributed by atoms with Crippen LogP contribution in [0.25, 0.3) is 0 Å². The Kier molecular flexibility index (Phi) is 4.12. The minimum absolute atomic E-state index is 0.178. The Balaban J connectivity index is 1.96. The Morgan fingerprint density at radius 3 is 2.74 bits per heavy atom. The van der Waals surface area contributed by atoms with Gasteiger partial charge in [0, 0.05) is 13.1 Å². The summed E-state index contributed by atoms with van der Waals surface area (Å²) < 4.78 is 6.64. The number of benzene rings is 1. The minimum Gasteiger partial charge on any atom is -0.497 e. The maximum atomic E-state index is 11.9. The summed E-state index contributed by atoms with van der Waals surface area (Å²) in [5.41, 5.74) is 1.47. The van der Waals surface area contributed by atoms with Crippen LogP contribution in [0.4, 0.5) is 0 Å². The number of aryl methyl sites for hydroxylation is 1. The highest BCUT2D eigenvalue weighted by Gasteiger charge is 2.11. The van der Waals surface area contributed by atoms with Crippen molar-refractivity contribution < 1.29 is 9.53 Å². The van der Waals surface area contributed by atoms with Gasteiger partial charge < -0.3 is 10.1 Å². The van der Waals surface area contributed by atoms with Gasteiger partial charge in [-0.2, -0.15) is 0 Å². The van der Waals surface area contributed by atoms with Crippen LogP contribution >= 0.6 is 0 Å². The van der Waals surface area contributed by atoms with Gasteiger partial charge in [0.15, 0.2) is 0 Å². The Hall–Kier alpha value is -2.37. The largest absolute Gasteiger partial charge is 0.497 e. The molecule has 1 amide bonds. The van der Waals surface area contributed by atoms with E-state index in [0.29, 0.717) is 18.8 Å². The van der Waals surface area contributed by atoms with Crippen LogP contribution in [0, 0.1) is 0 Å². The predicted molar refractivity (Wildman–Crippen MR) is 69.9 cm³/mol. The summed E-state index contributed by atoms with van der Waals surface area (Å²) in [5.74, 6) is 0.617. The van der Waals surface area contributed by atoms with Crippen LogP contribution in [0.2, 0.25) is 0 Å². The number of carbonyl (C=O) groups excluding carboxylic acids is 1. The summed E-state index contributed by atoms with van der Waals surface area (Å²) in [7, 11) is 1.62. The van der Waals surface area contributed by atoms with E-state index in [1.54, 1.807) is 11.8 Å². The number of nitrogens with zero attached hydrogens (tertiary/aromatic N) is 3. The van der Waals surface area contributed by atoms with Crippen LogP contribution in [0.3, 0.4) is 0 Å². The summed E-state index contributed by atoms with van der Waals surface area (Å²) >= 11 is 0. The fraction of sp³-hybridized carbons (Fsp3) is 0.308. The van der Waals surface area contributed by atoms with E-state index in [4.69, 9.17) is 4.74 Å². The number of ether oxygens (including phenoxy) is 1. The van der Waals surface area contributed by atoms with E-state index in [0.717, 1.165) is 11.3 Å². The highest BCUT2D eigenvalue weighted by atomic mass is 16.5. The van der Waals surface area contributed by atoms with E-state index >= 15 is 0 Å². The van der Waals surface area contributed by atoms with Gasteiger partial charge in [0.2, 0.25) is 0 Å². The topological polar surface area (TPSA) is 69.0 Å². The van der Waals surface area contributed by atoms with E-state index in [9.17, 15) is 4.79 Å². The SMILES string of the molecule is CCn1nncc1C(=O)NCc1ccc(OC)cc1. The standard InChI is InChI=1S/C13H16N4O2/c1-3-17-12(9-15-16-17)13(18)14-8-10-4-6-11(19-2)7-5-10/h4-7,9H,3,8H2,1-2H3,(H,14,18). The van der Waals surface area contributed by atoms with Gasteiger partial charge in [-0.1, -0.05) is 17.3 Å². The van der Waals surface area contributed by atoms with Crippen LogP contribution in [0.5, 0.6) is 5.75 Å². The van der Waals surface area contributed by atoms with Crippen molar-refractivity contribution in [3.8, 4) is 5.75 Å². The zero-order valence-electron chi connectivity index (χ0n) is 11.0. The Morgan fingerprint density at radius 1 is 1.37 bits per heavy atom. The molecule has 0 saturated carbocycles. The molecule has 0 unspecified atom stereocenters.